The Kier molecular flexibility index (Phi) is 3.88. The highest BCUT2D eigenvalue weighted by atomic mass is 79.9. The van der Waals surface area contributed by atoms with Crippen molar-refractivity contribution in [2.75, 3.05) is 6.54 Å². The lowest BCUT2D eigenvalue weighted by Crippen LogP contribution is -2.05. The van der Waals surface area contributed by atoms with Gasteiger partial charge in [0.2, 0.25) is 0 Å². The average molecular weight is 308 g/mol. The van der Waals surface area contributed by atoms with Crippen molar-refractivity contribution in [3.63, 3.8) is 0 Å². The van der Waals surface area contributed by atoms with Crippen LogP contribution in [-0.2, 0) is 6.42 Å². The van der Waals surface area contributed by atoms with E-state index in [4.69, 9.17) is 5.73 Å². The summed E-state index contributed by atoms with van der Waals surface area (Å²) in [5.41, 5.74) is 11.3. The Hall–Kier alpha value is -1.13. The van der Waals surface area contributed by atoms with Crippen LogP contribution >= 0.6 is 15.9 Å². The fraction of sp³-hybridized carbons (Fsp3) is 0.357. The van der Waals surface area contributed by atoms with Gasteiger partial charge in [0.1, 0.15) is 0 Å². The molecule has 0 spiro atoms. The first kappa shape index (κ1) is 13.3. The summed E-state index contributed by atoms with van der Waals surface area (Å²) in [6.45, 7) is 6.87. The molecule has 0 saturated carbocycles. The first-order valence-electron chi connectivity index (χ1n) is 6.06. The molecule has 0 bridgehead atoms. The fourth-order valence-corrected chi connectivity index (χ4v) is 2.38. The van der Waals surface area contributed by atoms with Crippen molar-refractivity contribution in [1.82, 2.24) is 9.78 Å². The summed E-state index contributed by atoms with van der Waals surface area (Å²) >= 11 is 3.56. The number of nitrogens with two attached hydrogens (primary N) is 1. The van der Waals surface area contributed by atoms with E-state index in [1.165, 1.54) is 11.1 Å². The molecule has 0 saturated heterocycles. The van der Waals surface area contributed by atoms with Crippen molar-refractivity contribution >= 4 is 15.9 Å². The second-order valence-corrected chi connectivity index (χ2v) is 5.35. The molecule has 1 aromatic carbocycles. The molecule has 96 valence electrons. The molecule has 0 atom stereocenters. The van der Waals surface area contributed by atoms with Gasteiger partial charge >= 0.3 is 0 Å². The first-order valence-corrected chi connectivity index (χ1v) is 6.85. The second kappa shape index (κ2) is 5.24. The molecule has 0 radical (unpaired) electrons. The standard InChI is InChI=1S/C14H18BrN3/c1-9-8-12(6-7-16)4-5-13(9)18-11(3)14(15)10(2)17-18/h4-5,8H,6-7,16H2,1-3H3. The van der Waals surface area contributed by atoms with Gasteiger partial charge in [-0.3, -0.25) is 0 Å². The Balaban J connectivity index is 2.48. The normalized spacial score (nSPS) is 10.9. The molecule has 3 nitrogen and oxygen atoms in total. The molecule has 1 heterocycles. The summed E-state index contributed by atoms with van der Waals surface area (Å²) in [4.78, 5) is 0. The van der Waals surface area contributed by atoms with Crippen LogP contribution in [0.2, 0.25) is 0 Å². The molecule has 2 rings (SSSR count). The zero-order chi connectivity index (χ0) is 13.3. The van der Waals surface area contributed by atoms with Crippen LogP contribution in [0.25, 0.3) is 5.69 Å². The number of halogens is 1. The Morgan fingerprint density at radius 1 is 1.28 bits per heavy atom. The van der Waals surface area contributed by atoms with E-state index in [1.54, 1.807) is 0 Å². The summed E-state index contributed by atoms with van der Waals surface area (Å²) in [5.74, 6) is 0. The van der Waals surface area contributed by atoms with Crippen LogP contribution in [0.3, 0.4) is 0 Å². The third kappa shape index (κ3) is 2.35. The van der Waals surface area contributed by atoms with Gasteiger partial charge in [-0.25, -0.2) is 4.68 Å². The molecule has 0 unspecified atom stereocenters. The lowest BCUT2D eigenvalue weighted by atomic mass is 10.1. The number of aromatic nitrogens is 2. The fourth-order valence-electron chi connectivity index (χ4n) is 2.14. The minimum Gasteiger partial charge on any atom is -0.330 e. The number of hydrogen-bond acceptors (Lipinski definition) is 2. The van der Waals surface area contributed by atoms with E-state index in [2.05, 4.69) is 53.1 Å². The number of hydrogen-bond donors (Lipinski definition) is 1. The summed E-state index contributed by atoms with van der Waals surface area (Å²) < 4.78 is 3.06. The van der Waals surface area contributed by atoms with E-state index in [0.29, 0.717) is 6.54 Å². The van der Waals surface area contributed by atoms with E-state index in [-0.39, 0.29) is 0 Å². The van der Waals surface area contributed by atoms with Gasteiger partial charge in [0.05, 0.1) is 21.5 Å². The van der Waals surface area contributed by atoms with Gasteiger partial charge in [-0.2, -0.15) is 5.10 Å². The average Bonchev–Trinajstić information content (AvgIpc) is 2.58. The Bertz CT molecular complexity index is 573. The number of aryl methyl sites for hydroxylation is 2. The highest BCUT2D eigenvalue weighted by Gasteiger charge is 2.11. The zero-order valence-electron chi connectivity index (χ0n) is 11.0. The third-order valence-corrected chi connectivity index (χ3v) is 4.27. The lowest BCUT2D eigenvalue weighted by Gasteiger charge is -2.10. The third-order valence-electron chi connectivity index (χ3n) is 3.13. The van der Waals surface area contributed by atoms with Gasteiger partial charge in [-0.15, -0.1) is 0 Å². The molecule has 0 amide bonds. The number of nitrogens with zero attached hydrogens (tertiary/aromatic N) is 2. The summed E-state index contributed by atoms with van der Waals surface area (Å²) in [5, 5.41) is 4.56. The minimum atomic E-state index is 0.685. The van der Waals surface area contributed by atoms with Gasteiger partial charge in [0.25, 0.3) is 0 Å². The number of benzene rings is 1. The van der Waals surface area contributed by atoms with Gasteiger partial charge in [0, 0.05) is 0 Å². The molecular weight excluding hydrogens is 290 g/mol. The highest BCUT2D eigenvalue weighted by molar-refractivity contribution is 9.10. The Morgan fingerprint density at radius 3 is 2.50 bits per heavy atom. The molecule has 4 heteroatoms. The summed E-state index contributed by atoms with van der Waals surface area (Å²) in [6, 6.07) is 6.43. The van der Waals surface area contributed by atoms with Crippen LogP contribution < -0.4 is 5.73 Å². The van der Waals surface area contributed by atoms with Crippen molar-refractivity contribution in [1.29, 1.82) is 0 Å². The van der Waals surface area contributed by atoms with E-state index in [9.17, 15) is 0 Å². The van der Waals surface area contributed by atoms with E-state index in [0.717, 1.165) is 28.0 Å². The van der Waals surface area contributed by atoms with Crippen LogP contribution in [0, 0.1) is 20.8 Å². The Morgan fingerprint density at radius 2 is 2.00 bits per heavy atom. The van der Waals surface area contributed by atoms with Gasteiger partial charge < -0.3 is 5.73 Å². The quantitative estimate of drug-likeness (QED) is 0.947. The van der Waals surface area contributed by atoms with E-state index in [1.807, 2.05) is 11.6 Å². The van der Waals surface area contributed by atoms with Gasteiger partial charge in [-0.05, 0) is 66.9 Å². The Labute approximate surface area is 116 Å². The van der Waals surface area contributed by atoms with Crippen molar-refractivity contribution in [2.45, 2.75) is 27.2 Å². The van der Waals surface area contributed by atoms with Crippen LogP contribution in [-0.4, -0.2) is 16.3 Å². The lowest BCUT2D eigenvalue weighted by molar-refractivity contribution is 0.825. The smallest absolute Gasteiger partial charge is 0.0743 e. The molecule has 18 heavy (non-hydrogen) atoms. The first-order chi connectivity index (χ1) is 8.54. The van der Waals surface area contributed by atoms with E-state index < -0.39 is 0 Å². The molecule has 0 aliphatic rings. The molecule has 0 aliphatic heterocycles. The second-order valence-electron chi connectivity index (χ2n) is 4.56. The van der Waals surface area contributed by atoms with Gasteiger partial charge in [0.15, 0.2) is 0 Å². The van der Waals surface area contributed by atoms with Crippen LogP contribution in [0.1, 0.15) is 22.5 Å². The van der Waals surface area contributed by atoms with Crippen LogP contribution in [0.5, 0.6) is 0 Å². The molecule has 0 aliphatic carbocycles. The van der Waals surface area contributed by atoms with Crippen LogP contribution in [0.4, 0.5) is 0 Å². The topological polar surface area (TPSA) is 43.8 Å². The maximum atomic E-state index is 5.58. The monoisotopic (exact) mass is 307 g/mol. The maximum absolute atomic E-state index is 5.58. The predicted molar refractivity (Wildman–Crippen MR) is 78.2 cm³/mol. The summed E-state index contributed by atoms with van der Waals surface area (Å²) in [6.07, 6.45) is 0.919. The SMILES string of the molecule is Cc1cc(CCN)ccc1-n1nc(C)c(Br)c1C. The minimum absolute atomic E-state index is 0.685. The van der Waals surface area contributed by atoms with Gasteiger partial charge in [-0.1, -0.05) is 12.1 Å². The molecule has 2 aromatic rings. The number of rotatable bonds is 3. The largest absolute Gasteiger partial charge is 0.330 e. The molecule has 0 fully saturated rings. The molecule has 1 aromatic heterocycles. The summed E-state index contributed by atoms with van der Waals surface area (Å²) in [7, 11) is 0. The van der Waals surface area contributed by atoms with Crippen molar-refractivity contribution in [3.05, 3.63) is 45.2 Å². The van der Waals surface area contributed by atoms with E-state index >= 15 is 0 Å². The maximum Gasteiger partial charge on any atom is 0.0743 e. The predicted octanol–water partition coefficient (Wildman–Crippen LogP) is 3.06. The van der Waals surface area contributed by atoms with Crippen molar-refractivity contribution in [3.8, 4) is 5.69 Å². The van der Waals surface area contributed by atoms with Crippen molar-refractivity contribution < 1.29 is 0 Å². The molecular formula is C14H18BrN3. The van der Waals surface area contributed by atoms with Crippen LogP contribution in [0.15, 0.2) is 22.7 Å². The zero-order valence-corrected chi connectivity index (χ0v) is 12.6. The molecule has 2 N–H and O–H groups in total. The van der Waals surface area contributed by atoms with Crippen molar-refractivity contribution in [2.24, 2.45) is 5.73 Å². The highest BCUT2D eigenvalue weighted by Crippen LogP contribution is 2.25.